The van der Waals surface area contributed by atoms with Crippen molar-refractivity contribution in [2.75, 3.05) is 0 Å². The first-order valence-corrected chi connectivity index (χ1v) is 3.79. The first kappa shape index (κ1) is 13.5. The van der Waals surface area contributed by atoms with Crippen LogP contribution in [0.5, 0.6) is 0 Å². The average Bonchev–Trinajstić information content (AvgIpc) is 1.86. The fraction of sp³-hybridized carbons (Fsp3) is 0.500. The summed E-state index contributed by atoms with van der Waals surface area (Å²) in [6.45, 7) is 14.0. The molecule has 0 bridgehead atoms. The summed E-state index contributed by atoms with van der Waals surface area (Å²) in [4.78, 5) is 10.5. The van der Waals surface area contributed by atoms with E-state index in [9.17, 15) is 4.79 Å². The lowest BCUT2D eigenvalue weighted by atomic mass is 10.2. The lowest BCUT2D eigenvalue weighted by Crippen LogP contribution is -2.22. The van der Waals surface area contributed by atoms with Crippen LogP contribution in [0.2, 0.25) is 0 Å². The van der Waals surface area contributed by atoms with Crippen LogP contribution in [-0.4, -0.2) is 11.6 Å². The van der Waals surface area contributed by atoms with Crippen molar-refractivity contribution in [3.8, 4) is 0 Å². The van der Waals surface area contributed by atoms with Gasteiger partial charge in [0, 0.05) is 6.08 Å². The molecule has 0 aliphatic carbocycles. The minimum atomic E-state index is -0.398. The van der Waals surface area contributed by atoms with Crippen LogP contribution in [0.15, 0.2) is 25.3 Å². The average molecular weight is 170 g/mol. The number of hydrogen-bond acceptors (Lipinski definition) is 2. The highest BCUT2D eigenvalue weighted by atomic mass is 16.6. The molecule has 0 unspecified atom stereocenters. The molecular formula is C10H18O2. The Morgan fingerprint density at radius 3 is 1.75 bits per heavy atom. The quantitative estimate of drug-likeness (QED) is 0.343. The van der Waals surface area contributed by atoms with E-state index in [0.29, 0.717) is 0 Å². The standard InChI is InChI=1S/C7H12O2.C3H6/c1-5-6(8)9-7(2,3)4;1-3-2/h5H,1H2,2-4H3;3H,1H2,2H3. The lowest BCUT2D eigenvalue weighted by Gasteiger charge is -2.17. The van der Waals surface area contributed by atoms with Gasteiger partial charge in [0.1, 0.15) is 5.60 Å². The van der Waals surface area contributed by atoms with Crippen molar-refractivity contribution in [1.29, 1.82) is 0 Å². The molecule has 0 aromatic rings. The molecule has 2 nitrogen and oxygen atoms in total. The Morgan fingerprint density at radius 2 is 1.67 bits per heavy atom. The predicted molar refractivity (Wildman–Crippen MR) is 51.9 cm³/mol. The maximum atomic E-state index is 10.5. The topological polar surface area (TPSA) is 26.3 Å². The Balaban J connectivity index is 0. The zero-order valence-corrected chi connectivity index (χ0v) is 8.39. The molecule has 0 aromatic carbocycles. The monoisotopic (exact) mass is 170 g/mol. The van der Waals surface area contributed by atoms with E-state index in [1.54, 1.807) is 6.08 Å². The van der Waals surface area contributed by atoms with E-state index >= 15 is 0 Å². The Bertz CT molecular complexity index is 152. The van der Waals surface area contributed by atoms with Crippen LogP contribution in [0.3, 0.4) is 0 Å². The zero-order chi connectivity index (χ0) is 10.2. The Hall–Kier alpha value is -1.05. The molecule has 0 spiro atoms. The molecule has 0 fully saturated rings. The first-order valence-electron chi connectivity index (χ1n) is 3.79. The van der Waals surface area contributed by atoms with Gasteiger partial charge in [-0.15, -0.1) is 6.58 Å². The van der Waals surface area contributed by atoms with Crippen LogP contribution >= 0.6 is 0 Å². The van der Waals surface area contributed by atoms with Gasteiger partial charge in [0.25, 0.3) is 0 Å². The SMILES string of the molecule is C=CC.C=CC(=O)OC(C)(C)C. The number of carbonyl (C=O) groups is 1. The first-order chi connectivity index (χ1) is 5.37. The highest BCUT2D eigenvalue weighted by molar-refractivity contribution is 5.81. The predicted octanol–water partition coefficient (Wildman–Crippen LogP) is 2.71. The number of rotatable bonds is 1. The van der Waals surface area contributed by atoms with E-state index in [2.05, 4.69) is 13.2 Å². The molecule has 0 rings (SSSR count). The highest BCUT2D eigenvalue weighted by Gasteiger charge is 2.12. The fourth-order valence-corrected chi connectivity index (χ4v) is 0.343. The third-order valence-electron chi connectivity index (χ3n) is 0.573. The van der Waals surface area contributed by atoms with Crippen LogP contribution in [-0.2, 0) is 9.53 Å². The molecule has 0 aromatic heterocycles. The maximum Gasteiger partial charge on any atom is 0.330 e. The third-order valence-corrected chi connectivity index (χ3v) is 0.573. The molecule has 0 amide bonds. The number of carbonyl (C=O) groups excluding carboxylic acids is 1. The lowest BCUT2D eigenvalue weighted by molar-refractivity contribution is -0.148. The summed E-state index contributed by atoms with van der Waals surface area (Å²) in [7, 11) is 0. The number of ether oxygens (including phenoxy) is 1. The van der Waals surface area contributed by atoms with Gasteiger partial charge >= 0.3 is 5.97 Å². The summed E-state index contributed by atoms with van der Waals surface area (Å²) in [6, 6.07) is 0. The minimum absolute atomic E-state index is 0.373. The normalized spacial score (nSPS) is 9.00. The van der Waals surface area contributed by atoms with Crippen molar-refractivity contribution >= 4 is 5.97 Å². The van der Waals surface area contributed by atoms with E-state index in [0.717, 1.165) is 6.08 Å². The van der Waals surface area contributed by atoms with Crippen molar-refractivity contribution in [2.45, 2.75) is 33.3 Å². The molecule has 0 aliphatic heterocycles. The summed E-state index contributed by atoms with van der Waals surface area (Å²) < 4.78 is 4.83. The second-order valence-corrected chi connectivity index (χ2v) is 3.15. The van der Waals surface area contributed by atoms with E-state index < -0.39 is 5.60 Å². The molecule has 2 heteroatoms. The van der Waals surface area contributed by atoms with Gasteiger partial charge in [-0.2, -0.15) is 0 Å². The summed E-state index contributed by atoms with van der Waals surface area (Å²) in [5.74, 6) is -0.373. The van der Waals surface area contributed by atoms with Crippen LogP contribution in [0.25, 0.3) is 0 Å². The number of hydrogen-bond donors (Lipinski definition) is 0. The van der Waals surface area contributed by atoms with Gasteiger partial charge in [-0.3, -0.25) is 0 Å². The molecule has 0 saturated heterocycles. The van der Waals surface area contributed by atoms with Crippen LogP contribution in [0.1, 0.15) is 27.7 Å². The summed E-state index contributed by atoms with van der Waals surface area (Å²) in [5, 5.41) is 0. The minimum Gasteiger partial charge on any atom is -0.457 e. The van der Waals surface area contributed by atoms with Gasteiger partial charge in [-0.25, -0.2) is 4.79 Å². The number of esters is 1. The summed E-state index contributed by atoms with van der Waals surface area (Å²) in [5.41, 5.74) is -0.398. The van der Waals surface area contributed by atoms with Crippen LogP contribution < -0.4 is 0 Å². The molecule has 0 heterocycles. The molecular weight excluding hydrogens is 152 g/mol. The van der Waals surface area contributed by atoms with Gasteiger partial charge < -0.3 is 4.74 Å². The third kappa shape index (κ3) is 16.0. The van der Waals surface area contributed by atoms with Gasteiger partial charge in [0.15, 0.2) is 0 Å². The highest BCUT2D eigenvalue weighted by Crippen LogP contribution is 2.06. The van der Waals surface area contributed by atoms with Gasteiger partial charge in [0.2, 0.25) is 0 Å². The number of allylic oxidation sites excluding steroid dienone is 1. The van der Waals surface area contributed by atoms with Crippen LogP contribution in [0.4, 0.5) is 0 Å². The molecule has 0 radical (unpaired) electrons. The molecule has 0 saturated carbocycles. The second kappa shape index (κ2) is 6.65. The van der Waals surface area contributed by atoms with Crippen molar-refractivity contribution in [3.63, 3.8) is 0 Å². The van der Waals surface area contributed by atoms with Gasteiger partial charge in [0.05, 0.1) is 0 Å². The van der Waals surface area contributed by atoms with Crippen molar-refractivity contribution in [1.82, 2.24) is 0 Å². The van der Waals surface area contributed by atoms with Gasteiger partial charge in [-0.05, 0) is 27.7 Å². The van der Waals surface area contributed by atoms with E-state index in [1.807, 2.05) is 27.7 Å². The van der Waals surface area contributed by atoms with E-state index in [1.165, 1.54) is 0 Å². The summed E-state index contributed by atoms with van der Waals surface area (Å²) >= 11 is 0. The molecule has 70 valence electrons. The van der Waals surface area contributed by atoms with Crippen LogP contribution in [0, 0.1) is 0 Å². The van der Waals surface area contributed by atoms with Crippen molar-refractivity contribution < 1.29 is 9.53 Å². The molecule has 0 aliphatic rings. The maximum absolute atomic E-state index is 10.5. The fourth-order valence-electron chi connectivity index (χ4n) is 0.343. The zero-order valence-electron chi connectivity index (χ0n) is 8.39. The second-order valence-electron chi connectivity index (χ2n) is 3.15. The Kier molecular flexibility index (Phi) is 7.50. The van der Waals surface area contributed by atoms with E-state index in [4.69, 9.17) is 4.74 Å². The Labute approximate surface area is 74.9 Å². The largest absolute Gasteiger partial charge is 0.457 e. The molecule has 12 heavy (non-hydrogen) atoms. The van der Waals surface area contributed by atoms with Gasteiger partial charge in [-0.1, -0.05) is 12.7 Å². The molecule has 0 atom stereocenters. The van der Waals surface area contributed by atoms with Crippen molar-refractivity contribution in [2.24, 2.45) is 0 Å². The van der Waals surface area contributed by atoms with Crippen molar-refractivity contribution in [3.05, 3.63) is 25.3 Å². The Morgan fingerprint density at radius 1 is 1.33 bits per heavy atom. The van der Waals surface area contributed by atoms with E-state index in [-0.39, 0.29) is 5.97 Å². The summed E-state index contributed by atoms with van der Waals surface area (Å²) in [6.07, 6.45) is 2.91. The smallest absolute Gasteiger partial charge is 0.330 e. The molecule has 0 N–H and O–H groups in total.